The number of likely N-dealkylation sites (tertiary alicyclic amines) is 1. The van der Waals surface area contributed by atoms with Gasteiger partial charge in [0.15, 0.2) is 5.82 Å². The van der Waals surface area contributed by atoms with E-state index in [1.807, 2.05) is 62.2 Å². The lowest BCUT2D eigenvalue weighted by molar-refractivity contribution is -0.138. The summed E-state index contributed by atoms with van der Waals surface area (Å²) in [6.45, 7) is 8.49. The van der Waals surface area contributed by atoms with E-state index < -0.39 is 0 Å². The number of fused-ring (bicyclic) bond motifs is 2. The van der Waals surface area contributed by atoms with Gasteiger partial charge in [-0.05, 0) is 6.42 Å². The first-order valence-electron chi connectivity index (χ1n) is 9.18. The Morgan fingerprint density at radius 3 is 2.73 bits per heavy atom. The first-order chi connectivity index (χ1) is 12.4. The zero-order valence-corrected chi connectivity index (χ0v) is 15.7. The maximum atomic E-state index is 12.7. The largest absolute Gasteiger partial charge is 0.376 e. The molecule has 2 aromatic rings. The van der Waals surface area contributed by atoms with Crippen molar-refractivity contribution in [1.82, 2.24) is 14.9 Å². The van der Waals surface area contributed by atoms with Crippen molar-refractivity contribution in [3.63, 3.8) is 0 Å². The Labute approximate surface area is 154 Å². The average molecular weight is 351 g/mol. The van der Waals surface area contributed by atoms with Crippen molar-refractivity contribution in [1.29, 1.82) is 0 Å². The summed E-state index contributed by atoms with van der Waals surface area (Å²) in [5, 5.41) is 0. The number of nitrogens with zero attached hydrogens (tertiary/aromatic N) is 3. The van der Waals surface area contributed by atoms with E-state index in [1.54, 1.807) is 0 Å². The molecule has 1 saturated heterocycles. The molecule has 136 valence electrons. The molecule has 1 amide bonds. The van der Waals surface area contributed by atoms with Gasteiger partial charge in [0.05, 0.1) is 24.3 Å². The molecule has 0 N–H and O–H groups in total. The van der Waals surface area contributed by atoms with E-state index in [0.29, 0.717) is 19.8 Å². The normalized spacial score (nSPS) is 22.5. The van der Waals surface area contributed by atoms with Crippen LogP contribution in [-0.4, -0.2) is 40.5 Å². The molecule has 1 fully saturated rings. The van der Waals surface area contributed by atoms with Gasteiger partial charge in [-0.25, -0.2) is 9.97 Å². The Morgan fingerprint density at radius 2 is 2.00 bits per heavy atom. The van der Waals surface area contributed by atoms with Crippen LogP contribution in [0.4, 0.5) is 0 Å². The smallest absolute Gasteiger partial charge is 0.227 e. The van der Waals surface area contributed by atoms with Gasteiger partial charge in [-0.15, -0.1) is 0 Å². The number of aromatic nitrogens is 2. The quantitative estimate of drug-likeness (QED) is 0.792. The van der Waals surface area contributed by atoms with Gasteiger partial charge in [-0.1, -0.05) is 51.1 Å². The second-order valence-electron chi connectivity index (χ2n) is 8.43. The fraction of sp³-hybridized carbons (Fsp3) is 0.476. The molecule has 0 unspecified atom stereocenters. The SMILES string of the molecule is CC(C)(C)C(=O)N1CC[C@]2(COCc3cnc(-c4ccccc4)nc32)C1. The molecular formula is C21H25N3O2. The summed E-state index contributed by atoms with van der Waals surface area (Å²) in [5.41, 5.74) is 2.52. The van der Waals surface area contributed by atoms with E-state index in [0.717, 1.165) is 35.6 Å². The molecule has 26 heavy (non-hydrogen) atoms. The van der Waals surface area contributed by atoms with Crippen molar-refractivity contribution in [3.8, 4) is 11.4 Å². The van der Waals surface area contributed by atoms with E-state index in [-0.39, 0.29) is 16.7 Å². The van der Waals surface area contributed by atoms with Crippen molar-refractivity contribution >= 4 is 5.91 Å². The number of rotatable bonds is 1. The fourth-order valence-corrected chi connectivity index (χ4v) is 3.95. The van der Waals surface area contributed by atoms with Crippen molar-refractivity contribution in [3.05, 3.63) is 47.8 Å². The molecule has 4 rings (SSSR count). The lowest BCUT2D eigenvalue weighted by Crippen LogP contribution is -2.44. The molecule has 0 saturated carbocycles. The van der Waals surface area contributed by atoms with Crippen LogP contribution in [0.1, 0.15) is 38.4 Å². The minimum absolute atomic E-state index is 0.193. The van der Waals surface area contributed by atoms with Gasteiger partial charge < -0.3 is 9.64 Å². The highest BCUT2D eigenvalue weighted by Gasteiger charge is 2.47. The molecule has 2 aliphatic heterocycles. The lowest BCUT2D eigenvalue weighted by atomic mass is 9.80. The Bertz CT molecular complexity index is 829. The predicted octanol–water partition coefficient (Wildman–Crippen LogP) is 3.19. The van der Waals surface area contributed by atoms with Crippen LogP contribution in [0.5, 0.6) is 0 Å². The number of carbonyl (C=O) groups excluding carboxylic acids is 1. The third-order valence-corrected chi connectivity index (χ3v) is 5.32. The zero-order chi connectivity index (χ0) is 18.4. The highest BCUT2D eigenvalue weighted by Crippen LogP contribution is 2.40. The Morgan fingerprint density at radius 1 is 1.23 bits per heavy atom. The van der Waals surface area contributed by atoms with Crippen molar-refractivity contribution in [2.45, 2.75) is 39.2 Å². The standard InChI is InChI=1S/C21H25N3O2/c1-20(2,3)19(25)24-10-9-21(13-24)14-26-12-16-11-22-18(23-17(16)21)15-7-5-4-6-8-15/h4-8,11H,9-10,12-14H2,1-3H3/t21-/m1/s1. The van der Waals surface area contributed by atoms with Gasteiger partial charge in [0.2, 0.25) is 5.91 Å². The van der Waals surface area contributed by atoms with Gasteiger partial charge in [-0.3, -0.25) is 4.79 Å². The molecule has 1 atom stereocenters. The molecule has 5 nitrogen and oxygen atoms in total. The van der Waals surface area contributed by atoms with Gasteiger partial charge in [0.25, 0.3) is 0 Å². The molecular weight excluding hydrogens is 326 g/mol. The molecule has 3 heterocycles. The first-order valence-corrected chi connectivity index (χ1v) is 9.18. The minimum atomic E-state index is -0.370. The second-order valence-corrected chi connectivity index (χ2v) is 8.43. The monoisotopic (exact) mass is 351 g/mol. The lowest BCUT2D eigenvalue weighted by Gasteiger charge is -2.35. The maximum Gasteiger partial charge on any atom is 0.227 e. The predicted molar refractivity (Wildman–Crippen MR) is 99.5 cm³/mol. The molecule has 0 aliphatic carbocycles. The van der Waals surface area contributed by atoms with Crippen molar-refractivity contribution in [2.75, 3.05) is 19.7 Å². The van der Waals surface area contributed by atoms with Crippen LogP contribution in [0.2, 0.25) is 0 Å². The van der Waals surface area contributed by atoms with Gasteiger partial charge in [-0.2, -0.15) is 0 Å². The fourth-order valence-electron chi connectivity index (χ4n) is 3.95. The summed E-state index contributed by atoms with van der Waals surface area (Å²) in [7, 11) is 0. The molecule has 1 spiro atoms. The topological polar surface area (TPSA) is 55.3 Å². The Balaban J connectivity index is 1.70. The molecule has 1 aromatic carbocycles. The summed E-state index contributed by atoms with van der Waals surface area (Å²) in [6.07, 6.45) is 2.77. The van der Waals surface area contributed by atoms with Crippen LogP contribution in [-0.2, 0) is 21.6 Å². The highest BCUT2D eigenvalue weighted by molar-refractivity contribution is 5.82. The summed E-state index contributed by atoms with van der Waals surface area (Å²) in [6, 6.07) is 10.0. The molecule has 5 heteroatoms. The van der Waals surface area contributed by atoms with E-state index in [4.69, 9.17) is 9.72 Å². The number of benzene rings is 1. The Hall–Kier alpha value is -2.27. The number of ether oxygens (including phenoxy) is 1. The molecule has 1 aromatic heterocycles. The third-order valence-electron chi connectivity index (χ3n) is 5.32. The van der Waals surface area contributed by atoms with Crippen molar-refractivity contribution < 1.29 is 9.53 Å². The molecule has 0 bridgehead atoms. The van der Waals surface area contributed by atoms with Crippen LogP contribution in [0, 0.1) is 5.41 Å². The summed E-state index contributed by atoms with van der Waals surface area (Å²) in [4.78, 5) is 24.2. The number of carbonyl (C=O) groups is 1. The molecule has 2 aliphatic rings. The highest BCUT2D eigenvalue weighted by atomic mass is 16.5. The number of hydrogen-bond acceptors (Lipinski definition) is 4. The average Bonchev–Trinajstić information content (AvgIpc) is 3.06. The van der Waals surface area contributed by atoms with Gasteiger partial charge in [0, 0.05) is 35.8 Å². The van der Waals surface area contributed by atoms with Crippen LogP contribution in [0.15, 0.2) is 36.5 Å². The van der Waals surface area contributed by atoms with E-state index in [9.17, 15) is 4.79 Å². The molecule has 0 radical (unpaired) electrons. The zero-order valence-electron chi connectivity index (χ0n) is 15.7. The first kappa shape index (κ1) is 17.2. The maximum absolute atomic E-state index is 12.7. The summed E-state index contributed by atoms with van der Waals surface area (Å²) < 4.78 is 5.88. The number of amides is 1. The Kier molecular flexibility index (Phi) is 4.07. The minimum Gasteiger partial charge on any atom is -0.376 e. The van der Waals surface area contributed by atoms with Crippen LogP contribution in [0.3, 0.4) is 0 Å². The van der Waals surface area contributed by atoms with E-state index in [1.165, 1.54) is 0 Å². The third kappa shape index (κ3) is 2.90. The summed E-state index contributed by atoms with van der Waals surface area (Å²) >= 11 is 0. The van der Waals surface area contributed by atoms with Crippen LogP contribution < -0.4 is 0 Å². The van der Waals surface area contributed by atoms with E-state index >= 15 is 0 Å². The second kappa shape index (κ2) is 6.16. The number of hydrogen-bond donors (Lipinski definition) is 0. The van der Waals surface area contributed by atoms with Gasteiger partial charge in [0.1, 0.15) is 0 Å². The van der Waals surface area contributed by atoms with Crippen molar-refractivity contribution in [2.24, 2.45) is 5.41 Å². The van der Waals surface area contributed by atoms with E-state index in [2.05, 4.69) is 4.98 Å². The summed E-state index contributed by atoms with van der Waals surface area (Å²) in [5.74, 6) is 0.935. The van der Waals surface area contributed by atoms with Crippen LogP contribution >= 0.6 is 0 Å². The van der Waals surface area contributed by atoms with Gasteiger partial charge >= 0.3 is 0 Å². The van der Waals surface area contributed by atoms with Crippen LogP contribution in [0.25, 0.3) is 11.4 Å².